The van der Waals surface area contributed by atoms with Crippen LogP contribution in [0.25, 0.3) is 0 Å². The normalized spacial score (nSPS) is 47.0. The van der Waals surface area contributed by atoms with Crippen molar-refractivity contribution in [3.63, 3.8) is 0 Å². The van der Waals surface area contributed by atoms with Gasteiger partial charge in [-0.3, -0.25) is 9.80 Å². The maximum Gasteiger partial charge on any atom is 0.412 e. The molecule has 3 spiro atoms. The van der Waals surface area contributed by atoms with Gasteiger partial charge >= 0.3 is 12.1 Å². The number of methoxy groups -OCH3 is 1. The van der Waals surface area contributed by atoms with Crippen LogP contribution in [0.4, 0.5) is 10.5 Å². The molecule has 0 aromatic heterocycles. The molecule has 4 N–H and O–H groups in total. The second-order valence-corrected chi connectivity index (χ2v) is 9.73. The number of carboxylic acid groups (broad SMARTS) is 1. The molecule has 0 radical (unpaired) electrons. The fraction of sp³-hybridized carbons (Fsp3) is 0.636. The molecule has 1 aromatic rings. The minimum atomic E-state index is -2.53. The lowest BCUT2D eigenvalue weighted by Gasteiger charge is -2.74. The zero-order valence-electron chi connectivity index (χ0n) is 17.2. The molecule has 7 rings (SSSR count). The summed E-state index contributed by atoms with van der Waals surface area (Å²) in [7, 11) is 1.12. The Morgan fingerprint density at radius 3 is 2.58 bits per heavy atom. The van der Waals surface area contributed by atoms with Crippen LogP contribution >= 0.6 is 0 Å². The summed E-state index contributed by atoms with van der Waals surface area (Å²) in [5, 5.41) is 45.5. The highest BCUT2D eigenvalue weighted by Gasteiger charge is 2.90. The van der Waals surface area contributed by atoms with Crippen LogP contribution in [0.2, 0.25) is 0 Å². The Bertz CT molecular complexity index is 1020. The molecule has 1 amide bonds. The molecular weight excluding hydrogens is 404 g/mol. The fourth-order valence-corrected chi connectivity index (χ4v) is 8.59. The fourth-order valence-electron chi connectivity index (χ4n) is 8.59. The van der Waals surface area contributed by atoms with E-state index in [9.17, 15) is 30.0 Å². The van der Waals surface area contributed by atoms with Crippen molar-refractivity contribution in [2.75, 3.05) is 25.1 Å². The van der Waals surface area contributed by atoms with E-state index in [2.05, 4.69) is 4.90 Å². The van der Waals surface area contributed by atoms with Gasteiger partial charge in [-0.25, -0.2) is 9.59 Å². The first-order valence-corrected chi connectivity index (χ1v) is 10.8. The van der Waals surface area contributed by atoms with Crippen molar-refractivity contribution in [2.24, 2.45) is 5.41 Å². The quantitative estimate of drug-likeness (QED) is 0.460. The number of nitrogens with zero attached hydrogens (tertiary/aromatic N) is 2. The largest absolute Gasteiger partial charge is 0.467 e. The smallest absolute Gasteiger partial charge is 0.412 e. The summed E-state index contributed by atoms with van der Waals surface area (Å²) in [5.41, 5.74) is -5.12. The van der Waals surface area contributed by atoms with Gasteiger partial charge < -0.3 is 25.2 Å². The van der Waals surface area contributed by atoms with Gasteiger partial charge in [0.2, 0.25) is 5.60 Å². The van der Waals surface area contributed by atoms with Gasteiger partial charge in [-0.1, -0.05) is 18.2 Å². The molecule has 2 bridgehead atoms. The third-order valence-corrected chi connectivity index (χ3v) is 9.33. The van der Waals surface area contributed by atoms with Crippen LogP contribution in [0.15, 0.2) is 24.3 Å². The summed E-state index contributed by atoms with van der Waals surface area (Å²) in [5.74, 6) is -1.06. The van der Waals surface area contributed by atoms with E-state index < -0.39 is 52.3 Å². The number of aliphatic hydroxyl groups excluding tert-OH is 2. The number of carbonyl (C=O) groups excluding carboxylic acids is 1. The lowest BCUT2D eigenvalue weighted by molar-refractivity contribution is -0.301. The van der Waals surface area contributed by atoms with Crippen LogP contribution in [0.1, 0.15) is 31.2 Å². The monoisotopic (exact) mass is 430 g/mol. The average Bonchev–Trinajstić information content (AvgIpc) is 3.29. The zero-order chi connectivity index (χ0) is 22.0. The van der Waals surface area contributed by atoms with Crippen LogP contribution < -0.4 is 4.90 Å². The number of esters is 1. The minimum absolute atomic E-state index is 0.137. The number of anilines is 1. The zero-order valence-corrected chi connectivity index (χ0v) is 17.2. The third kappa shape index (κ3) is 1.62. The topological polar surface area (TPSA) is 131 Å². The predicted octanol–water partition coefficient (Wildman–Crippen LogP) is 0.0589. The SMILES string of the molecule is COC(=O)[C@]1(O)[C@@H](O)[C@]23CC[C@@]14N(C(=O)O)c1ccccc1[C@@]41CCN(CC[C@@H]2O)[C@@H]31. The predicted molar refractivity (Wildman–Crippen MR) is 107 cm³/mol. The molecule has 166 valence electrons. The number of amides is 1. The van der Waals surface area contributed by atoms with Crippen molar-refractivity contribution in [1.82, 2.24) is 4.90 Å². The number of aliphatic hydroxyl groups is 3. The molecular formula is C22H26N2O7. The third-order valence-electron chi connectivity index (χ3n) is 9.33. The molecule has 9 heteroatoms. The lowest BCUT2D eigenvalue weighted by Crippen LogP contribution is -2.92. The van der Waals surface area contributed by atoms with E-state index >= 15 is 0 Å². The van der Waals surface area contributed by atoms with E-state index in [-0.39, 0.29) is 6.42 Å². The number of rotatable bonds is 1. The highest BCUT2D eigenvalue weighted by atomic mass is 16.5. The number of piperidine rings is 1. The van der Waals surface area contributed by atoms with Crippen LogP contribution in [-0.4, -0.2) is 87.0 Å². The molecule has 9 nitrogen and oxygen atoms in total. The minimum Gasteiger partial charge on any atom is -0.467 e. The maximum absolute atomic E-state index is 13.2. The van der Waals surface area contributed by atoms with E-state index in [0.717, 1.165) is 17.6 Å². The Morgan fingerprint density at radius 1 is 1.13 bits per heavy atom. The summed E-state index contributed by atoms with van der Waals surface area (Å²) < 4.78 is 5.00. The van der Waals surface area contributed by atoms with Crippen LogP contribution in [0, 0.1) is 5.41 Å². The van der Waals surface area contributed by atoms with Crippen molar-refractivity contribution in [1.29, 1.82) is 0 Å². The van der Waals surface area contributed by atoms with E-state index in [4.69, 9.17) is 4.74 Å². The second-order valence-electron chi connectivity index (χ2n) is 9.73. The van der Waals surface area contributed by atoms with E-state index in [1.54, 1.807) is 12.1 Å². The van der Waals surface area contributed by atoms with Gasteiger partial charge in [0.25, 0.3) is 0 Å². The first kappa shape index (κ1) is 19.5. The highest BCUT2D eigenvalue weighted by molar-refractivity contribution is 5.98. The summed E-state index contributed by atoms with van der Waals surface area (Å²) in [6, 6.07) is 6.72. The Balaban J connectivity index is 1.78. The van der Waals surface area contributed by atoms with E-state index in [0.29, 0.717) is 38.0 Å². The number of hydrogen-bond acceptors (Lipinski definition) is 7. The van der Waals surface area contributed by atoms with Gasteiger partial charge in [-0.2, -0.15) is 0 Å². The molecule has 3 aliphatic heterocycles. The average molecular weight is 430 g/mol. The summed E-state index contributed by atoms with van der Waals surface area (Å²) >= 11 is 0. The van der Waals surface area contributed by atoms with E-state index in [1.807, 2.05) is 12.1 Å². The Kier molecular flexibility index (Phi) is 3.51. The van der Waals surface area contributed by atoms with Gasteiger partial charge in [-0.15, -0.1) is 0 Å². The maximum atomic E-state index is 13.2. The first-order valence-electron chi connectivity index (χ1n) is 10.8. The molecule has 0 unspecified atom stereocenters. The van der Waals surface area contributed by atoms with Gasteiger partial charge in [0.15, 0.2) is 0 Å². The van der Waals surface area contributed by atoms with Gasteiger partial charge in [0.05, 0.1) is 18.9 Å². The number of carbonyl (C=O) groups is 2. The number of ether oxygens (including phenoxy) is 1. The number of fused-ring (bicyclic) bond motifs is 3. The summed E-state index contributed by atoms with van der Waals surface area (Å²) in [4.78, 5) is 29.3. The van der Waals surface area contributed by atoms with E-state index in [1.165, 1.54) is 0 Å². The second kappa shape index (κ2) is 5.58. The molecule has 3 heterocycles. The molecule has 3 aliphatic carbocycles. The lowest BCUT2D eigenvalue weighted by atomic mass is 9.35. The van der Waals surface area contributed by atoms with Crippen LogP contribution in [-0.2, 0) is 14.9 Å². The molecule has 3 saturated carbocycles. The standard InChI is InChI=1S/C22H26N2O7/c1-31-17(27)22(30)16(26)19-7-8-21(22)20(9-11-23(15(19)20)10-6-14(19)25)12-4-2-3-5-13(12)24(21)18(28)29/h2-5,14-16,25-26,30H,6-11H2,1H3,(H,28,29)/t14-,15-,16-,19+,20+,21-,22+/m0/s1. The molecule has 7 atom stereocenters. The molecule has 31 heavy (non-hydrogen) atoms. The van der Waals surface area contributed by atoms with Gasteiger partial charge in [0, 0.05) is 23.4 Å². The van der Waals surface area contributed by atoms with Gasteiger partial charge in [0.1, 0.15) is 11.6 Å². The van der Waals surface area contributed by atoms with Crippen molar-refractivity contribution >= 4 is 17.7 Å². The molecule has 5 fully saturated rings. The Hall–Kier alpha value is -2.20. The van der Waals surface area contributed by atoms with Crippen molar-refractivity contribution in [3.8, 4) is 0 Å². The van der Waals surface area contributed by atoms with Crippen LogP contribution in [0.5, 0.6) is 0 Å². The number of benzene rings is 1. The molecule has 2 saturated heterocycles. The summed E-state index contributed by atoms with van der Waals surface area (Å²) in [6.45, 7) is 1.25. The van der Waals surface area contributed by atoms with Crippen molar-refractivity contribution < 1.29 is 34.8 Å². The highest BCUT2D eigenvalue weighted by Crippen LogP contribution is 2.76. The first-order chi connectivity index (χ1) is 14.7. The van der Waals surface area contributed by atoms with Crippen molar-refractivity contribution in [3.05, 3.63) is 29.8 Å². The van der Waals surface area contributed by atoms with Gasteiger partial charge in [-0.05, 0) is 43.9 Å². The molecule has 1 aromatic carbocycles. The number of para-hydroxylation sites is 1. The summed E-state index contributed by atoms with van der Waals surface area (Å²) in [6.07, 6.45) is -2.53. The Morgan fingerprint density at radius 2 is 1.87 bits per heavy atom. The number of hydrogen-bond donors (Lipinski definition) is 4. The molecule has 6 aliphatic rings. The Labute approximate surface area is 178 Å². The van der Waals surface area contributed by atoms with Crippen LogP contribution in [0.3, 0.4) is 0 Å². The van der Waals surface area contributed by atoms with Crippen molar-refractivity contribution in [2.45, 2.75) is 60.5 Å².